The number of hydrogen-bond acceptors (Lipinski definition) is 4. The highest BCUT2D eigenvalue weighted by Crippen LogP contribution is 2.30. The Balaban J connectivity index is 1.72. The van der Waals surface area contributed by atoms with E-state index in [1.54, 1.807) is 29.4 Å². The maximum absolute atomic E-state index is 4.29. The topological polar surface area (TPSA) is 30.2 Å². The Labute approximate surface area is 124 Å². The van der Waals surface area contributed by atoms with E-state index in [1.165, 1.54) is 15.8 Å². The van der Waals surface area contributed by atoms with Gasteiger partial charge in [-0.2, -0.15) is 0 Å². The molecule has 5 heteroatoms. The monoisotopic (exact) mass is 297 g/mol. The van der Waals surface area contributed by atoms with E-state index < -0.39 is 0 Å². The number of thioether (sulfide) groups is 1. The lowest BCUT2D eigenvalue weighted by Crippen LogP contribution is -1.93. The minimum atomic E-state index is 0.911. The Morgan fingerprint density at radius 2 is 2.00 bits per heavy atom. The van der Waals surface area contributed by atoms with E-state index >= 15 is 0 Å². The molecule has 1 aromatic carbocycles. The Morgan fingerprint density at radius 3 is 2.90 bits per heavy atom. The molecule has 0 bridgehead atoms. The van der Waals surface area contributed by atoms with E-state index in [4.69, 9.17) is 0 Å². The first-order valence-electron chi connectivity index (χ1n) is 6.28. The second-order valence-electron chi connectivity index (χ2n) is 4.48. The molecular weight excluding hydrogens is 286 g/mol. The van der Waals surface area contributed by atoms with Gasteiger partial charge in [0.05, 0.1) is 15.7 Å². The van der Waals surface area contributed by atoms with Crippen LogP contribution in [0.3, 0.4) is 0 Å². The predicted octanol–water partition coefficient (Wildman–Crippen LogP) is 4.24. The minimum Gasteiger partial charge on any atom is -0.295 e. The molecule has 0 amide bonds. The summed E-state index contributed by atoms with van der Waals surface area (Å²) in [4.78, 5) is 0. The molecule has 3 heterocycles. The van der Waals surface area contributed by atoms with E-state index in [0.717, 1.165) is 16.3 Å². The van der Waals surface area contributed by atoms with Crippen LogP contribution in [0.15, 0.2) is 59.2 Å². The average Bonchev–Trinajstić information content (AvgIpc) is 3.07. The van der Waals surface area contributed by atoms with Crippen LogP contribution in [-0.4, -0.2) is 14.6 Å². The quantitative estimate of drug-likeness (QED) is 0.530. The van der Waals surface area contributed by atoms with Crippen molar-refractivity contribution in [3.63, 3.8) is 0 Å². The van der Waals surface area contributed by atoms with E-state index in [1.807, 2.05) is 6.07 Å². The highest BCUT2D eigenvalue weighted by Gasteiger charge is 2.09. The summed E-state index contributed by atoms with van der Waals surface area (Å²) in [5, 5.41) is 11.5. The van der Waals surface area contributed by atoms with Crippen molar-refractivity contribution in [2.45, 2.75) is 10.8 Å². The lowest BCUT2D eigenvalue weighted by molar-refractivity contribution is 0.885. The van der Waals surface area contributed by atoms with Crippen LogP contribution in [0.4, 0.5) is 0 Å². The van der Waals surface area contributed by atoms with Gasteiger partial charge in [0.25, 0.3) is 0 Å². The summed E-state index contributed by atoms with van der Waals surface area (Å²) in [5.41, 5.74) is 3.65. The molecule has 0 aliphatic heterocycles. The smallest absolute Gasteiger partial charge is 0.143 e. The van der Waals surface area contributed by atoms with Crippen molar-refractivity contribution < 1.29 is 0 Å². The van der Waals surface area contributed by atoms with Crippen molar-refractivity contribution in [3.8, 4) is 0 Å². The molecule has 0 fully saturated rings. The van der Waals surface area contributed by atoms with E-state index in [-0.39, 0.29) is 0 Å². The number of thiophene rings is 1. The number of benzene rings is 1. The molecule has 0 spiro atoms. The molecule has 0 radical (unpaired) electrons. The zero-order chi connectivity index (χ0) is 13.4. The van der Waals surface area contributed by atoms with Crippen LogP contribution in [0, 0.1) is 0 Å². The Bertz CT molecular complexity index is 864. The van der Waals surface area contributed by atoms with Crippen molar-refractivity contribution in [2.75, 3.05) is 0 Å². The zero-order valence-electron chi connectivity index (χ0n) is 10.6. The van der Waals surface area contributed by atoms with Crippen molar-refractivity contribution in [1.29, 1.82) is 0 Å². The van der Waals surface area contributed by atoms with Crippen molar-refractivity contribution in [3.05, 3.63) is 59.7 Å². The molecule has 0 unspecified atom stereocenters. The molecule has 0 saturated carbocycles. The van der Waals surface area contributed by atoms with Crippen LogP contribution in [0.25, 0.3) is 15.7 Å². The largest absolute Gasteiger partial charge is 0.295 e. The summed E-state index contributed by atoms with van der Waals surface area (Å²) >= 11 is 3.48. The van der Waals surface area contributed by atoms with Crippen LogP contribution in [-0.2, 0) is 5.75 Å². The van der Waals surface area contributed by atoms with Crippen molar-refractivity contribution in [1.82, 2.24) is 14.6 Å². The SMILES string of the molecule is c1ccc(CSc2nncn3c2cc2sccc23)cc1. The third kappa shape index (κ3) is 1.99. The molecule has 3 nitrogen and oxygen atoms in total. The predicted molar refractivity (Wildman–Crippen MR) is 84.4 cm³/mol. The normalized spacial score (nSPS) is 11.4. The van der Waals surface area contributed by atoms with Gasteiger partial charge in [-0.1, -0.05) is 42.1 Å². The van der Waals surface area contributed by atoms with Gasteiger partial charge in [-0.15, -0.1) is 21.5 Å². The number of hydrogen-bond donors (Lipinski definition) is 0. The fraction of sp³-hybridized carbons (Fsp3) is 0.0667. The first kappa shape index (κ1) is 11.9. The molecule has 4 aromatic rings. The number of nitrogens with zero attached hydrogens (tertiary/aromatic N) is 3. The zero-order valence-corrected chi connectivity index (χ0v) is 12.2. The fourth-order valence-corrected chi connectivity index (χ4v) is 3.96. The Hall–Kier alpha value is -1.85. The number of aromatic nitrogens is 3. The summed E-state index contributed by atoms with van der Waals surface area (Å²) < 4.78 is 3.40. The molecule has 0 aliphatic carbocycles. The van der Waals surface area contributed by atoms with Gasteiger partial charge >= 0.3 is 0 Å². The van der Waals surface area contributed by atoms with Crippen LogP contribution in [0.5, 0.6) is 0 Å². The summed E-state index contributed by atoms with van der Waals surface area (Å²) in [6.45, 7) is 0. The molecule has 0 aliphatic rings. The number of fused-ring (bicyclic) bond motifs is 3. The van der Waals surface area contributed by atoms with Crippen LogP contribution in [0.1, 0.15) is 5.56 Å². The van der Waals surface area contributed by atoms with Gasteiger partial charge in [-0.05, 0) is 23.1 Å². The fourth-order valence-electron chi connectivity index (χ4n) is 2.24. The first-order valence-corrected chi connectivity index (χ1v) is 8.15. The highest BCUT2D eigenvalue weighted by atomic mass is 32.2. The third-order valence-corrected chi connectivity index (χ3v) is 5.11. The van der Waals surface area contributed by atoms with Gasteiger partial charge in [0.2, 0.25) is 0 Å². The second kappa shape index (κ2) is 4.92. The molecule has 0 N–H and O–H groups in total. The maximum atomic E-state index is 4.29. The van der Waals surface area contributed by atoms with Gasteiger partial charge in [0, 0.05) is 5.75 Å². The summed E-state index contributed by atoms with van der Waals surface area (Å²) in [6, 6.07) is 14.8. The van der Waals surface area contributed by atoms with Gasteiger partial charge in [0.15, 0.2) is 0 Å². The van der Waals surface area contributed by atoms with Gasteiger partial charge in [-0.25, -0.2) is 0 Å². The molecule has 20 heavy (non-hydrogen) atoms. The summed E-state index contributed by atoms with van der Waals surface area (Å²) in [7, 11) is 0. The molecule has 98 valence electrons. The Kier molecular flexibility index (Phi) is 2.94. The molecule has 4 rings (SSSR count). The lowest BCUT2D eigenvalue weighted by Gasteiger charge is -2.03. The number of rotatable bonds is 3. The minimum absolute atomic E-state index is 0.911. The maximum Gasteiger partial charge on any atom is 0.143 e. The van der Waals surface area contributed by atoms with Crippen LogP contribution in [0.2, 0.25) is 0 Å². The van der Waals surface area contributed by atoms with Gasteiger partial charge in [0.1, 0.15) is 11.4 Å². The first-order chi connectivity index (χ1) is 9.92. The van der Waals surface area contributed by atoms with Crippen LogP contribution < -0.4 is 0 Å². The Morgan fingerprint density at radius 1 is 1.10 bits per heavy atom. The molecule has 0 atom stereocenters. The standard InChI is InChI=1S/C15H11N3S2/c1-2-4-11(5-3-1)9-20-15-13-8-14-12(6-7-19-14)18(13)10-16-17-15/h1-8,10H,9H2. The second-order valence-corrected chi connectivity index (χ2v) is 6.39. The van der Waals surface area contributed by atoms with E-state index in [2.05, 4.69) is 56.4 Å². The molecular formula is C15H11N3S2. The van der Waals surface area contributed by atoms with Crippen LogP contribution >= 0.6 is 23.1 Å². The highest BCUT2D eigenvalue weighted by molar-refractivity contribution is 7.98. The third-order valence-electron chi connectivity index (χ3n) is 3.21. The van der Waals surface area contributed by atoms with Gasteiger partial charge in [-0.3, -0.25) is 4.40 Å². The lowest BCUT2D eigenvalue weighted by atomic mass is 10.2. The molecule has 3 aromatic heterocycles. The van der Waals surface area contributed by atoms with E-state index in [0.29, 0.717) is 0 Å². The summed E-state index contributed by atoms with van der Waals surface area (Å²) in [5.74, 6) is 0.911. The summed E-state index contributed by atoms with van der Waals surface area (Å²) in [6.07, 6.45) is 1.79. The molecule has 0 saturated heterocycles. The average molecular weight is 297 g/mol. The van der Waals surface area contributed by atoms with Crippen molar-refractivity contribution in [2.24, 2.45) is 0 Å². The van der Waals surface area contributed by atoms with E-state index in [9.17, 15) is 0 Å². The van der Waals surface area contributed by atoms with Crippen molar-refractivity contribution >= 4 is 38.8 Å². The van der Waals surface area contributed by atoms with Gasteiger partial charge < -0.3 is 0 Å².